The molecule has 5 rings (SSSR count). The number of nitrogens with one attached hydrogen (secondary N) is 2. The Morgan fingerprint density at radius 3 is 2.58 bits per heavy atom. The Hall–Kier alpha value is -3.61. The first-order valence-corrected chi connectivity index (χ1v) is 12.9. The monoisotopic (exact) mass is 495 g/mol. The van der Waals surface area contributed by atoms with Crippen LogP contribution >= 0.6 is 11.8 Å². The van der Waals surface area contributed by atoms with E-state index in [4.69, 9.17) is 9.73 Å². The van der Waals surface area contributed by atoms with E-state index in [-0.39, 0.29) is 11.8 Å². The van der Waals surface area contributed by atoms with Crippen LogP contribution in [0.3, 0.4) is 0 Å². The Bertz CT molecular complexity index is 1330. The van der Waals surface area contributed by atoms with E-state index in [0.717, 1.165) is 45.2 Å². The third-order valence-electron chi connectivity index (χ3n) is 6.64. The second-order valence-corrected chi connectivity index (χ2v) is 9.85. The average molecular weight is 496 g/mol. The van der Waals surface area contributed by atoms with Gasteiger partial charge >= 0.3 is 0 Å². The van der Waals surface area contributed by atoms with Gasteiger partial charge in [0.15, 0.2) is 0 Å². The van der Waals surface area contributed by atoms with Crippen LogP contribution in [0.2, 0.25) is 0 Å². The van der Waals surface area contributed by atoms with Crippen LogP contribution in [0, 0.1) is 11.3 Å². The lowest BCUT2D eigenvalue weighted by molar-refractivity contribution is -0.126. The van der Waals surface area contributed by atoms with E-state index in [1.807, 2.05) is 85.8 Å². The van der Waals surface area contributed by atoms with Crippen molar-refractivity contribution in [2.75, 3.05) is 7.11 Å². The highest BCUT2D eigenvalue weighted by atomic mass is 32.2. The minimum absolute atomic E-state index is 0.00212. The quantitative estimate of drug-likeness (QED) is 0.302. The molecule has 6 heteroatoms. The number of nitrogens with zero attached hydrogens (tertiary/aromatic N) is 1. The van der Waals surface area contributed by atoms with Gasteiger partial charge in [0.2, 0.25) is 5.91 Å². The summed E-state index contributed by atoms with van der Waals surface area (Å²) in [5.41, 5.74) is 10.5. The summed E-state index contributed by atoms with van der Waals surface area (Å²) in [4.78, 5) is 19.7. The molecule has 0 bridgehead atoms. The zero-order chi connectivity index (χ0) is 25.0. The van der Waals surface area contributed by atoms with Gasteiger partial charge in [0.1, 0.15) is 5.75 Å². The summed E-state index contributed by atoms with van der Waals surface area (Å²) in [6.45, 7) is 2.52. The first-order chi connectivity index (χ1) is 17.6. The molecule has 2 atom stereocenters. The van der Waals surface area contributed by atoms with Crippen LogP contribution in [-0.4, -0.2) is 18.7 Å². The molecule has 1 saturated carbocycles. The maximum atomic E-state index is 13.4. The van der Waals surface area contributed by atoms with Crippen LogP contribution in [0.4, 0.5) is 0 Å². The number of amides is 1. The number of hydrazine groups is 1. The smallest absolute Gasteiger partial charge is 0.244 e. The van der Waals surface area contributed by atoms with E-state index in [1.54, 1.807) is 18.9 Å². The Kier molecular flexibility index (Phi) is 7.07. The third-order valence-corrected chi connectivity index (χ3v) is 7.61. The summed E-state index contributed by atoms with van der Waals surface area (Å²) in [5, 5.41) is 2.11. The van der Waals surface area contributed by atoms with Crippen LogP contribution in [0.1, 0.15) is 30.0 Å². The molecule has 2 unspecified atom stereocenters. The molecule has 182 valence electrons. The van der Waals surface area contributed by atoms with Gasteiger partial charge in [0, 0.05) is 28.5 Å². The lowest BCUT2D eigenvalue weighted by Crippen LogP contribution is -2.42. The van der Waals surface area contributed by atoms with Crippen molar-refractivity contribution in [1.29, 1.82) is 0 Å². The largest absolute Gasteiger partial charge is 0.497 e. The van der Waals surface area contributed by atoms with Crippen molar-refractivity contribution < 1.29 is 9.53 Å². The maximum absolute atomic E-state index is 13.4. The fraction of sp³-hybridized carbons (Fsp3) is 0.200. The van der Waals surface area contributed by atoms with Gasteiger partial charge in [-0.25, -0.2) is 5.43 Å². The fourth-order valence-corrected chi connectivity index (χ4v) is 5.54. The molecule has 3 aromatic carbocycles. The zero-order valence-electron chi connectivity index (χ0n) is 20.4. The van der Waals surface area contributed by atoms with Crippen molar-refractivity contribution in [3.63, 3.8) is 0 Å². The van der Waals surface area contributed by atoms with Crippen molar-refractivity contribution >= 4 is 23.4 Å². The molecule has 5 nitrogen and oxygen atoms in total. The van der Waals surface area contributed by atoms with Crippen molar-refractivity contribution in [3.8, 4) is 5.75 Å². The molecule has 0 aromatic heterocycles. The molecule has 1 aliphatic carbocycles. The summed E-state index contributed by atoms with van der Waals surface area (Å²) in [6, 6.07) is 26.3. The number of allylic oxidation sites excluding steroid dienone is 2. The third kappa shape index (κ3) is 4.87. The van der Waals surface area contributed by atoms with Crippen LogP contribution in [0.25, 0.3) is 0 Å². The van der Waals surface area contributed by atoms with Crippen molar-refractivity contribution in [3.05, 3.63) is 119 Å². The number of aliphatic imine (C=N–C) groups is 1. The molecule has 36 heavy (non-hydrogen) atoms. The van der Waals surface area contributed by atoms with Crippen LogP contribution in [0.5, 0.6) is 5.75 Å². The second kappa shape index (κ2) is 10.6. The lowest BCUT2D eigenvalue weighted by Gasteiger charge is -2.15. The Morgan fingerprint density at radius 2 is 1.83 bits per heavy atom. The van der Waals surface area contributed by atoms with E-state index in [1.165, 1.54) is 0 Å². The normalized spacial score (nSPS) is 20.7. The molecule has 0 radical (unpaired) electrons. The molecule has 0 spiro atoms. The summed E-state index contributed by atoms with van der Waals surface area (Å²) in [5.74, 6) is 0.776. The first-order valence-electron chi connectivity index (χ1n) is 12.0. The van der Waals surface area contributed by atoms with E-state index in [0.29, 0.717) is 6.54 Å². The predicted octanol–water partition coefficient (Wildman–Crippen LogP) is 5.88. The summed E-state index contributed by atoms with van der Waals surface area (Å²) < 4.78 is 5.35. The van der Waals surface area contributed by atoms with Crippen LogP contribution < -0.4 is 15.6 Å². The topological polar surface area (TPSA) is 62.7 Å². The molecule has 2 N–H and O–H groups in total. The summed E-state index contributed by atoms with van der Waals surface area (Å²) >= 11 is 1.66. The minimum atomic E-state index is -0.615. The van der Waals surface area contributed by atoms with E-state index >= 15 is 0 Å². The number of carbonyl (C=O) groups excluding carboxylic acids is 1. The lowest BCUT2D eigenvalue weighted by atomic mass is 9.99. The number of carbonyl (C=O) groups is 1. The molecular weight excluding hydrogens is 466 g/mol. The standard InChI is InChI=1S/C30H29N3O2S/c1-3-17-30(29(34)33-31-19-21-9-5-4-6-10-21)18-25(30)26-20-36-27-12-8-7-11-24(27)28(32-26)22-13-15-23(35-2)16-14-22/h3-17,20,25,31H,18-19H2,1-2H3,(H,33,34)/b17-3-. The molecule has 0 saturated heterocycles. The van der Waals surface area contributed by atoms with E-state index in [9.17, 15) is 4.79 Å². The Morgan fingerprint density at radius 1 is 1.08 bits per heavy atom. The number of thioether (sulfide) groups is 1. The molecule has 1 fully saturated rings. The molecule has 1 amide bonds. The number of benzene rings is 3. The van der Waals surface area contributed by atoms with Gasteiger partial charge in [0.05, 0.1) is 23.9 Å². The van der Waals surface area contributed by atoms with E-state index in [2.05, 4.69) is 28.4 Å². The van der Waals surface area contributed by atoms with Gasteiger partial charge in [-0.3, -0.25) is 15.2 Å². The maximum Gasteiger partial charge on any atom is 0.244 e. The van der Waals surface area contributed by atoms with Crippen LogP contribution in [-0.2, 0) is 11.3 Å². The number of hydrogen-bond acceptors (Lipinski definition) is 5. The number of rotatable bonds is 8. The van der Waals surface area contributed by atoms with Gasteiger partial charge in [-0.1, -0.05) is 72.4 Å². The van der Waals surface area contributed by atoms with E-state index < -0.39 is 5.41 Å². The number of methoxy groups -OCH3 is 1. The molecule has 1 aliphatic heterocycles. The summed E-state index contributed by atoms with van der Waals surface area (Å²) in [6.07, 6.45) is 4.70. The van der Waals surface area contributed by atoms with Crippen molar-refractivity contribution in [2.45, 2.75) is 24.8 Å². The predicted molar refractivity (Wildman–Crippen MR) is 146 cm³/mol. The van der Waals surface area contributed by atoms with Gasteiger partial charge in [0.25, 0.3) is 0 Å². The number of hydrogen-bond donors (Lipinski definition) is 2. The SMILES string of the molecule is C/C=C\C1(C(=O)NNCc2ccccc2)CC1C1=CSc2ccccc2C(c2ccc(OC)cc2)=N1. The molecule has 2 aliphatic rings. The molecular formula is C30H29N3O2S. The highest BCUT2D eigenvalue weighted by molar-refractivity contribution is 8.02. The molecule has 3 aromatic rings. The van der Waals surface area contributed by atoms with Crippen LogP contribution in [0.15, 0.2) is 112 Å². The van der Waals surface area contributed by atoms with Crippen molar-refractivity contribution in [1.82, 2.24) is 10.9 Å². The molecule has 1 heterocycles. The highest BCUT2D eigenvalue weighted by Crippen LogP contribution is 2.59. The second-order valence-electron chi connectivity index (χ2n) is 8.94. The fourth-order valence-electron chi connectivity index (χ4n) is 4.63. The van der Waals surface area contributed by atoms with Gasteiger partial charge < -0.3 is 4.74 Å². The summed E-state index contributed by atoms with van der Waals surface area (Å²) in [7, 11) is 1.67. The average Bonchev–Trinajstić information content (AvgIpc) is 3.68. The van der Waals surface area contributed by atoms with Crippen molar-refractivity contribution in [2.24, 2.45) is 16.3 Å². The Labute approximate surface area is 216 Å². The first kappa shape index (κ1) is 24.1. The highest BCUT2D eigenvalue weighted by Gasteiger charge is 2.60. The van der Waals surface area contributed by atoms with Gasteiger partial charge in [-0.15, -0.1) is 0 Å². The van der Waals surface area contributed by atoms with Gasteiger partial charge in [-0.05, 0) is 54.6 Å². The number of fused-ring (bicyclic) bond motifs is 1. The Balaban J connectivity index is 1.41. The minimum Gasteiger partial charge on any atom is -0.497 e. The number of ether oxygens (including phenoxy) is 1. The van der Waals surface area contributed by atoms with Gasteiger partial charge in [-0.2, -0.15) is 0 Å². The zero-order valence-corrected chi connectivity index (χ0v) is 21.2.